The third-order valence-corrected chi connectivity index (χ3v) is 7.91. The summed E-state index contributed by atoms with van der Waals surface area (Å²) in [4.78, 5) is 25.5. The van der Waals surface area contributed by atoms with Crippen molar-refractivity contribution in [1.82, 2.24) is 9.62 Å². The number of carbonyl (C=O) groups excluding carboxylic acids is 2. The average molecular weight is 491 g/mol. The van der Waals surface area contributed by atoms with Crippen LogP contribution in [0.25, 0.3) is 4.91 Å². The molecule has 3 aromatic carbocycles. The molecule has 1 aliphatic rings. The highest BCUT2D eigenvalue weighted by Gasteiger charge is 2.42. The Morgan fingerprint density at radius 3 is 2.20 bits per heavy atom. The van der Waals surface area contributed by atoms with E-state index in [1.54, 1.807) is 48.5 Å². The van der Waals surface area contributed by atoms with E-state index in [4.69, 9.17) is 4.74 Å². The molecule has 180 valence electrons. The lowest BCUT2D eigenvalue weighted by atomic mass is 10.1. The van der Waals surface area contributed by atoms with E-state index in [2.05, 4.69) is 5.32 Å². The molecule has 1 heterocycles. The van der Waals surface area contributed by atoms with Crippen LogP contribution in [0.5, 0.6) is 5.75 Å². The Bertz CT molecular complexity index is 1380. The van der Waals surface area contributed by atoms with Gasteiger partial charge in [-0.1, -0.05) is 42.5 Å². The van der Waals surface area contributed by atoms with E-state index in [1.165, 1.54) is 14.0 Å². The second-order valence-corrected chi connectivity index (χ2v) is 10.1. The average Bonchev–Trinajstić information content (AvgIpc) is 3.04. The smallest absolute Gasteiger partial charge is 0.268 e. The van der Waals surface area contributed by atoms with Crippen molar-refractivity contribution in [3.63, 3.8) is 0 Å². The molecule has 0 unspecified atom stereocenters. The Balaban J connectivity index is 1.48. The van der Waals surface area contributed by atoms with E-state index < -0.39 is 15.9 Å². The van der Waals surface area contributed by atoms with Crippen molar-refractivity contribution in [3.8, 4) is 5.75 Å². The maximum absolute atomic E-state index is 13.3. The molecule has 1 aliphatic heterocycles. The fourth-order valence-corrected chi connectivity index (χ4v) is 5.80. The highest BCUT2D eigenvalue weighted by molar-refractivity contribution is 7.99. The summed E-state index contributed by atoms with van der Waals surface area (Å²) in [5, 5.41) is 2.95. The van der Waals surface area contributed by atoms with Crippen molar-refractivity contribution in [1.29, 1.82) is 0 Å². The number of carbonyl (C=O) groups is 2. The lowest BCUT2D eigenvalue weighted by Crippen LogP contribution is -2.31. The summed E-state index contributed by atoms with van der Waals surface area (Å²) in [6, 6.07) is 22.6. The van der Waals surface area contributed by atoms with Gasteiger partial charge in [0.1, 0.15) is 10.7 Å². The Hall–Kier alpha value is -3.91. The van der Waals surface area contributed by atoms with Gasteiger partial charge in [0, 0.05) is 11.1 Å². The standard InChI is InChI=1S/C27H26N2O5S/c1-18-25(22-13-15-24(34-3)16-14-22)35(32,33)29(27(18)31)17-20-9-11-23(12-10-20)26(30)28-19(2)21-7-5-4-6-8-21/h4-16,19H,17H2,1-3H3,(H,28,30)/t19-/m0/s1. The zero-order valence-corrected chi connectivity index (χ0v) is 20.5. The zero-order valence-electron chi connectivity index (χ0n) is 19.7. The number of nitrogens with one attached hydrogen (secondary N) is 1. The Kier molecular flexibility index (Phi) is 6.75. The highest BCUT2D eigenvalue weighted by atomic mass is 32.2. The van der Waals surface area contributed by atoms with Gasteiger partial charge in [-0.15, -0.1) is 0 Å². The summed E-state index contributed by atoms with van der Waals surface area (Å²) >= 11 is 0. The SMILES string of the molecule is COc1ccc(C2=C(C)C(=O)N(Cc3ccc(C(=O)N[C@@H](C)c4ccccc4)cc3)S2(=O)=O)cc1. The maximum atomic E-state index is 13.3. The van der Waals surface area contributed by atoms with E-state index in [0.717, 1.165) is 9.87 Å². The Morgan fingerprint density at radius 2 is 1.60 bits per heavy atom. The number of ether oxygens (including phenoxy) is 1. The second kappa shape index (κ2) is 9.76. The zero-order chi connectivity index (χ0) is 25.2. The van der Waals surface area contributed by atoms with Crippen LogP contribution in [0.1, 0.15) is 46.9 Å². The fraction of sp³-hybridized carbons (Fsp3) is 0.185. The lowest BCUT2D eigenvalue weighted by molar-refractivity contribution is -0.122. The van der Waals surface area contributed by atoms with E-state index in [-0.39, 0.29) is 29.0 Å². The fourth-order valence-electron chi connectivity index (χ4n) is 3.99. The minimum atomic E-state index is -4.03. The summed E-state index contributed by atoms with van der Waals surface area (Å²) < 4.78 is 32.5. The molecule has 8 heteroatoms. The maximum Gasteiger partial charge on any atom is 0.268 e. The van der Waals surface area contributed by atoms with Crippen LogP contribution >= 0.6 is 0 Å². The van der Waals surface area contributed by atoms with E-state index >= 15 is 0 Å². The van der Waals surface area contributed by atoms with Crippen LogP contribution in [0.15, 0.2) is 84.4 Å². The van der Waals surface area contributed by atoms with E-state index in [9.17, 15) is 18.0 Å². The van der Waals surface area contributed by atoms with Crippen LogP contribution in [0.3, 0.4) is 0 Å². The summed E-state index contributed by atoms with van der Waals surface area (Å²) in [6.45, 7) is 3.29. The molecule has 1 N–H and O–H groups in total. The predicted octanol–water partition coefficient (Wildman–Crippen LogP) is 4.29. The topological polar surface area (TPSA) is 92.8 Å². The molecule has 1 atom stereocenters. The molecule has 0 aliphatic carbocycles. The monoisotopic (exact) mass is 490 g/mol. The molecule has 0 saturated heterocycles. The first-order valence-electron chi connectivity index (χ1n) is 11.1. The number of hydrogen-bond acceptors (Lipinski definition) is 5. The Morgan fingerprint density at radius 1 is 0.971 bits per heavy atom. The van der Waals surface area contributed by atoms with Crippen LogP contribution in [0.4, 0.5) is 0 Å². The van der Waals surface area contributed by atoms with Crippen LogP contribution < -0.4 is 10.1 Å². The van der Waals surface area contributed by atoms with Crippen LogP contribution in [0, 0.1) is 0 Å². The quantitative estimate of drug-likeness (QED) is 0.533. The van der Waals surface area contributed by atoms with Crippen LogP contribution in [-0.2, 0) is 21.4 Å². The van der Waals surface area contributed by atoms with E-state index in [0.29, 0.717) is 22.4 Å². The van der Waals surface area contributed by atoms with Gasteiger partial charge in [0.25, 0.3) is 21.8 Å². The van der Waals surface area contributed by atoms with Crippen molar-refractivity contribution in [2.45, 2.75) is 26.4 Å². The van der Waals surface area contributed by atoms with Crippen molar-refractivity contribution < 1.29 is 22.7 Å². The van der Waals surface area contributed by atoms with Gasteiger partial charge in [-0.2, -0.15) is 0 Å². The first-order chi connectivity index (χ1) is 16.7. The molecular formula is C27H26N2O5S. The first kappa shape index (κ1) is 24.2. The summed E-state index contributed by atoms with van der Waals surface area (Å²) in [6.07, 6.45) is 0. The number of amides is 2. The predicted molar refractivity (Wildman–Crippen MR) is 134 cm³/mol. The second-order valence-electron chi connectivity index (χ2n) is 8.30. The molecule has 0 bridgehead atoms. The van der Waals surface area contributed by atoms with Gasteiger partial charge in [-0.05, 0) is 66.9 Å². The van der Waals surface area contributed by atoms with Gasteiger partial charge in [0.15, 0.2) is 0 Å². The third kappa shape index (κ3) is 4.83. The number of benzene rings is 3. The number of sulfonamides is 1. The number of methoxy groups -OCH3 is 1. The molecule has 4 rings (SSSR count). The molecule has 35 heavy (non-hydrogen) atoms. The van der Waals surface area contributed by atoms with Gasteiger partial charge >= 0.3 is 0 Å². The van der Waals surface area contributed by atoms with Crippen LogP contribution in [0.2, 0.25) is 0 Å². The summed E-state index contributed by atoms with van der Waals surface area (Å²) in [5.74, 6) is -0.209. The van der Waals surface area contributed by atoms with Gasteiger partial charge in [-0.25, -0.2) is 12.7 Å². The first-order valence-corrected chi connectivity index (χ1v) is 12.5. The molecule has 0 radical (unpaired) electrons. The molecular weight excluding hydrogens is 464 g/mol. The normalized spacial score (nSPS) is 15.7. The molecule has 0 fully saturated rings. The van der Waals surface area contributed by atoms with Gasteiger partial charge < -0.3 is 10.1 Å². The van der Waals surface area contributed by atoms with Gasteiger partial charge in [-0.3, -0.25) is 9.59 Å². The molecule has 3 aromatic rings. The van der Waals surface area contributed by atoms with Crippen molar-refractivity contribution in [2.75, 3.05) is 7.11 Å². The van der Waals surface area contributed by atoms with Gasteiger partial charge in [0.05, 0.1) is 19.7 Å². The van der Waals surface area contributed by atoms with Gasteiger partial charge in [0.2, 0.25) is 0 Å². The number of hydrogen-bond donors (Lipinski definition) is 1. The van der Waals surface area contributed by atoms with Crippen LogP contribution in [-0.4, -0.2) is 31.6 Å². The molecule has 2 amide bonds. The minimum absolute atomic E-state index is 0.00366. The highest BCUT2D eigenvalue weighted by Crippen LogP contribution is 2.37. The molecule has 0 saturated carbocycles. The molecule has 0 aromatic heterocycles. The van der Waals surface area contributed by atoms with Crippen molar-refractivity contribution in [2.24, 2.45) is 0 Å². The summed E-state index contributed by atoms with van der Waals surface area (Å²) in [5.41, 5.74) is 2.63. The molecule has 0 spiro atoms. The summed E-state index contributed by atoms with van der Waals surface area (Å²) in [7, 11) is -2.50. The third-order valence-electron chi connectivity index (χ3n) is 5.98. The number of rotatable bonds is 7. The number of nitrogens with zero attached hydrogens (tertiary/aromatic N) is 1. The lowest BCUT2D eigenvalue weighted by Gasteiger charge is -2.17. The minimum Gasteiger partial charge on any atom is -0.497 e. The van der Waals surface area contributed by atoms with E-state index in [1.807, 2.05) is 37.3 Å². The Labute approximate surface area is 205 Å². The van der Waals surface area contributed by atoms with Crippen molar-refractivity contribution in [3.05, 3.63) is 107 Å². The molecule has 7 nitrogen and oxygen atoms in total. The van der Waals surface area contributed by atoms with Crippen molar-refractivity contribution >= 4 is 26.7 Å². The largest absolute Gasteiger partial charge is 0.497 e.